The SMILES string of the molecule is CC/C=C\C/C=C\C/C=C\C/C=C\C/C=C\C/C=C\C/C=C\CCCCCCCCCCCCCCCCCCCC(=O)OC(COC(=O)CCCCCCCCC)COC(OCC[N+](C)(C)C)C(=O)[O-]. The number of carbonyl (C=O) groups is 3. The van der Waals surface area contributed by atoms with Crippen molar-refractivity contribution >= 4 is 17.9 Å². The lowest BCUT2D eigenvalue weighted by Crippen LogP contribution is -2.44. The number of quaternary nitrogens is 1. The van der Waals surface area contributed by atoms with Gasteiger partial charge in [-0.2, -0.15) is 0 Å². The summed E-state index contributed by atoms with van der Waals surface area (Å²) in [5, 5.41) is 11.7. The molecule has 0 spiro atoms. The van der Waals surface area contributed by atoms with Crippen LogP contribution in [0, 0.1) is 0 Å². The highest BCUT2D eigenvalue weighted by molar-refractivity contribution is 5.70. The Balaban J connectivity index is 3.93. The summed E-state index contributed by atoms with van der Waals surface area (Å²) >= 11 is 0. The van der Waals surface area contributed by atoms with Gasteiger partial charge in [0, 0.05) is 12.8 Å². The normalized spacial score (nSPS) is 13.4. The maximum absolute atomic E-state index is 12.8. The Hall–Kier alpha value is -3.53. The fourth-order valence-electron chi connectivity index (χ4n) is 7.75. The molecule has 0 heterocycles. The molecule has 71 heavy (non-hydrogen) atoms. The quantitative estimate of drug-likeness (QED) is 0.0195. The summed E-state index contributed by atoms with van der Waals surface area (Å²) in [6.45, 7) is 4.58. The summed E-state index contributed by atoms with van der Waals surface area (Å²) in [4.78, 5) is 36.9. The van der Waals surface area contributed by atoms with E-state index in [9.17, 15) is 19.5 Å². The molecule has 9 heteroatoms. The number of esters is 2. The molecule has 0 N–H and O–H groups in total. The van der Waals surface area contributed by atoms with Crippen LogP contribution in [0.1, 0.15) is 232 Å². The highest BCUT2D eigenvalue weighted by Gasteiger charge is 2.22. The average molecular weight is 995 g/mol. The minimum atomic E-state index is -1.62. The third-order valence-corrected chi connectivity index (χ3v) is 12.2. The number of rotatable bonds is 52. The molecule has 0 aliphatic heterocycles. The summed E-state index contributed by atoms with van der Waals surface area (Å²) < 4.78 is 22.5. The van der Waals surface area contributed by atoms with Gasteiger partial charge in [0.05, 0.1) is 40.3 Å². The maximum atomic E-state index is 12.8. The van der Waals surface area contributed by atoms with Crippen molar-refractivity contribution in [2.75, 3.05) is 47.5 Å². The van der Waals surface area contributed by atoms with E-state index in [-0.39, 0.29) is 32.2 Å². The van der Waals surface area contributed by atoms with Crippen LogP contribution in [0.25, 0.3) is 0 Å². The first kappa shape index (κ1) is 67.5. The van der Waals surface area contributed by atoms with E-state index in [1.165, 1.54) is 122 Å². The van der Waals surface area contributed by atoms with E-state index < -0.39 is 24.3 Å². The van der Waals surface area contributed by atoms with Gasteiger partial charge in [0.15, 0.2) is 12.4 Å². The molecule has 0 saturated carbocycles. The van der Waals surface area contributed by atoms with Gasteiger partial charge >= 0.3 is 11.9 Å². The molecule has 0 fully saturated rings. The number of hydrogen-bond donors (Lipinski definition) is 0. The predicted octanol–water partition coefficient (Wildman–Crippen LogP) is 15.5. The summed E-state index contributed by atoms with van der Waals surface area (Å²) in [5.74, 6) is -2.29. The molecule has 0 aliphatic rings. The molecule has 2 atom stereocenters. The molecule has 408 valence electrons. The Kier molecular flexibility index (Phi) is 50.2. The van der Waals surface area contributed by atoms with Crippen LogP contribution < -0.4 is 5.11 Å². The third-order valence-electron chi connectivity index (χ3n) is 12.2. The Bertz CT molecular complexity index is 1440. The molecule has 0 aliphatic carbocycles. The first-order chi connectivity index (χ1) is 34.6. The molecule has 0 aromatic heterocycles. The van der Waals surface area contributed by atoms with E-state index in [1.807, 2.05) is 21.1 Å². The van der Waals surface area contributed by atoms with E-state index >= 15 is 0 Å². The lowest BCUT2D eigenvalue weighted by atomic mass is 10.0. The largest absolute Gasteiger partial charge is 0.545 e. The monoisotopic (exact) mass is 994 g/mol. The van der Waals surface area contributed by atoms with Crippen molar-refractivity contribution in [2.24, 2.45) is 0 Å². The molecule has 0 saturated heterocycles. The number of nitrogens with zero attached hydrogens (tertiary/aromatic N) is 1. The van der Waals surface area contributed by atoms with Gasteiger partial charge in [-0.25, -0.2) is 0 Å². The Morgan fingerprint density at radius 2 is 0.803 bits per heavy atom. The Morgan fingerprint density at radius 1 is 0.437 bits per heavy atom. The number of carboxylic acid groups (broad SMARTS) is 1. The lowest BCUT2D eigenvalue weighted by molar-refractivity contribution is -0.870. The number of carbonyl (C=O) groups excluding carboxylic acids is 3. The molecule has 0 bridgehead atoms. The third kappa shape index (κ3) is 54.1. The van der Waals surface area contributed by atoms with Crippen LogP contribution in [-0.2, 0) is 33.3 Å². The zero-order chi connectivity index (χ0) is 52.0. The van der Waals surface area contributed by atoms with Crippen LogP contribution in [0.3, 0.4) is 0 Å². The summed E-state index contributed by atoms with van der Waals surface area (Å²) in [6.07, 6.45) is 66.8. The van der Waals surface area contributed by atoms with Gasteiger partial charge in [0.25, 0.3) is 0 Å². The van der Waals surface area contributed by atoms with Gasteiger partial charge < -0.3 is 33.3 Å². The number of hydrogen-bond acceptors (Lipinski definition) is 8. The van der Waals surface area contributed by atoms with Gasteiger partial charge in [0.1, 0.15) is 13.2 Å². The van der Waals surface area contributed by atoms with Crippen molar-refractivity contribution in [1.29, 1.82) is 0 Å². The number of carboxylic acids is 1. The summed E-state index contributed by atoms with van der Waals surface area (Å²) in [5.41, 5.74) is 0. The Labute approximate surface area is 436 Å². The summed E-state index contributed by atoms with van der Waals surface area (Å²) in [7, 11) is 5.91. The van der Waals surface area contributed by atoms with Crippen molar-refractivity contribution < 1.29 is 42.9 Å². The number of allylic oxidation sites excluding steroid dienone is 14. The van der Waals surface area contributed by atoms with Crippen LogP contribution >= 0.6 is 0 Å². The average Bonchev–Trinajstić information content (AvgIpc) is 3.34. The second-order valence-electron chi connectivity index (χ2n) is 20.2. The van der Waals surface area contributed by atoms with Crippen LogP contribution in [-0.4, -0.2) is 82.3 Å². The van der Waals surface area contributed by atoms with Crippen LogP contribution in [0.2, 0.25) is 0 Å². The van der Waals surface area contributed by atoms with Gasteiger partial charge in [0.2, 0.25) is 0 Å². The van der Waals surface area contributed by atoms with Gasteiger partial charge in [-0.15, -0.1) is 0 Å². The molecular formula is C62H107NO8. The second kappa shape index (κ2) is 52.8. The molecule has 9 nitrogen and oxygen atoms in total. The van der Waals surface area contributed by atoms with Gasteiger partial charge in [-0.05, 0) is 70.6 Å². The van der Waals surface area contributed by atoms with E-state index in [2.05, 4.69) is 98.9 Å². The smallest absolute Gasteiger partial charge is 0.306 e. The summed E-state index contributed by atoms with van der Waals surface area (Å²) in [6, 6.07) is 0. The number of unbranched alkanes of at least 4 members (excludes halogenated alkanes) is 23. The first-order valence-corrected chi connectivity index (χ1v) is 28.7. The van der Waals surface area contributed by atoms with Crippen LogP contribution in [0.15, 0.2) is 85.1 Å². The van der Waals surface area contributed by atoms with E-state index in [1.54, 1.807) is 0 Å². The van der Waals surface area contributed by atoms with Gasteiger partial charge in [-0.1, -0.05) is 234 Å². The first-order valence-electron chi connectivity index (χ1n) is 28.7. The fraction of sp³-hybridized carbons (Fsp3) is 0.726. The molecular weight excluding hydrogens is 887 g/mol. The zero-order valence-electron chi connectivity index (χ0n) is 46.3. The minimum absolute atomic E-state index is 0.147. The van der Waals surface area contributed by atoms with E-state index in [0.29, 0.717) is 23.9 Å². The maximum Gasteiger partial charge on any atom is 0.306 e. The van der Waals surface area contributed by atoms with E-state index in [4.69, 9.17) is 18.9 Å². The van der Waals surface area contributed by atoms with Crippen LogP contribution in [0.5, 0.6) is 0 Å². The number of ether oxygens (including phenoxy) is 4. The van der Waals surface area contributed by atoms with Crippen LogP contribution in [0.4, 0.5) is 0 Å². The highest BCUT2D eigenvalue weighted by atomic mass is 16.7. The minimum Gasteiger partial charge on any atom is -0.545 e. The topological polar surface area (TPSA) is 111 Å². The molecule has 2 unspecified atom stereocenters. The highest BCUT2D eigenvalue weighted by Crippen LogP contribution is 2.16. The van der Waals surface area contributed by atoms with Crippen molar-refractivity contribution in [1.82, 2.24) is 0 Å². The van der Waals surface area contributed by atoms with Crippen molar-refractivity contribution in [3.05, 3.63) is 85.1 Å². The number of likely N-dealkylation sites (N-methyl/N-ethyl adjacent to an activating group) is 1. The van der Waals surface area contributed by atoms with Crippen molar-refractivity contribution in [3.63, 3.8) is 0 Å². The Morgan fingerprint density at radius 3 is 1.20 bits per heavy atom. The van der Waals surface area contributed by atoms with Crippen molar-refractivity contribution in [3.8, 4) is 0 Å². The molecule has 0 radical (unpaired) electrons. The molecule has 0 aromatic carbocycles. The molecule has 0 aromatic rings. The van der Waals surface area contributed by atoms with E-state index in [0.717, 1.165) is 77.0 Å². The number of aliphatic carboxylic acids is 1. The molecule has 0 rings (SSSR count). The van der Waals surface area contributed by atoms with Gasteiger partial charge in [-0.3, -0.25) is 9.59 Å². The zero-order valence-corrected chi connectivity index (χ0v) is 46.3. The standard InChI is InChI=1S/C62H107NO8/c1-6-8-10-12-14-15-16-17-18-19-20-21-22-23-24-25-26-27-28-29-30-31-32-33-34-35-36-37-38-39-40-41-42-43-44-45-47-49-51-53-60(65)71-58(56-69-59(64)52-50-48-46-13-11-9-7-2)57-70-62(61(66)67)68-55-54-63(3,4)5/h8,10,14-15,17-18,20-21,23-24,26-27,29-30,58,62H,6-7,9,11-13,16,19,22,25,28,31-57H2,1-5H3/b10-8-,15-14-,18-17-,21-20-,24-23-,27-26-,30-29-. The fourth-order valence-corrected chi connectivity index (χ4v) is 7.75. The van der Waals surface area contributed by atoms with Crippen molar-refractivity contribution in [2.45, 2.75) is 245 Å². The second-order valence-corrected chi connectivity index (χ2v) is 20.2. The molecule has 0 amide bonds. The lowest BCUT2D eigenvalue weighted by Gasteiger charge is -2.26. The predicted molar refractivity (Wildman–Crippen MR) is 297 cm³/mol.